The summed E-state index contributed by atoms with van der Waals surface area (Å²) in [4.78, 5) is 20.1. The van der Waals surface area contributed by atoms with Gasteiger partial charge in [-0.05, 0) is 83.1 Å². The number of hydrogen-bond donors (Lipinski definition) is 0. The van der Waals surface area contributed by atoms with Crippen LogP contribution in [0.4, 0.5) is 0 Å². The van der Waals surface area contributed by atoms with Crippen LogP contribution in [-0.4, -0.2) is 32.6 Å². The molecule has 1 amide bonds. The summed E-state index contributed by atoms with van der Waals surface area (Å²) in [6, 6.07) is 10.7. The Bertz CT molecular complexity index is 921. The molecule has 1 aliphatic rings. The maximum Gasteiger partial charge on any atom is 0.267 e. The topological polar surface area (TPSA) is 37.6 Å². The molecule has 2 heterocycles. The second-order valence-electron chi connectivity index (χ2n) is 7.48. The first-order valence-corrected chi connectivity index (χ1v) is 10.2. The zero-order valence-electron chi connectivity index (χ0n) is 16.9. The Kier molecular flexibility index (Phi) is 5.61. The monoisotopic (exact) mass is 381 g/mol. The Morgan fingerprint density at radius 3 is 2.48 bits per heavy atom. The van der Waals surface area contributed by atoms with E-state index in [9.17, 15) is 4.79 Å². The third kappa shape index (κ3) is 4.03. The highest BCUT2D eigenvalue weighted by Crippen LogP contribution is 2.34. The maximum absolute atomic E-state index is 13.0. The molecule has 3 rings (SSSR count). The first-order chi connectivity index (χ1) is 12.8. The molecule has 0 unspecified atom stereocenters. The molecular weight excluding hydrogens is 354 g/mol. The van der Waals surface area contributed by atoms with Gasteiger partial charge in [0.2, 0.25) is 0 Å². The third-order valence-electron chi connectivity index (χ3n) is 4.39. The van der Waals surface area contributed by atoms with E-state index < -0.39 is 0 Å². The number of nitrogens with zero attached hydrogens (tertiary/aromatic N) is 3. The van der Waals surface area contributed by atoms with Crippen LogP contribution in [0.1, 0.15) is 44.5 Å². The Morgan fingerprint density at radius 1 is 1.11 bits per heavy atom. The second-order valence-corrected chi connectivity index (χ2v) is 8.49. The van der Waals surface area contributed by atoms with Gasteiger partial charge < -0.3 is 4.57 Å². The molecule has 4 nitrogen and oxygen atoms in total. The summed E-state index contributed by atoms with van der Waals surface area (Å²) in [6.45, 7) is 12.3. The Balaban J connectivity index is 2.01. The maximum atomic E-state index is 13.0. The zero-order valence-corrected chi connectivity index (χ0v) is 17.7. The molecule has 27 heavy (non-hydrogen) atoms. The summed E-state index contributed by atoms with van der Waals surface area (Å²) < 4.78 is 2.13. The molecule has 0 N–H and O–H groups in total. The molecule has 1 aromatic heterocycles. The number of carbonyl (C=O) groups excluding carboxylic acids is 1. The van der Waals surface area contributed by atoms with E-state index in [1.807, 2.05) is 52.1 Å². The smallest absolute Gasteiger partial charge is 0.267 e. The highest BCUT2D eigenvalue weighted by molar-refractivity contribution is 8.18. The molecule has 1 fully saturated rings. The molecule has 0 bridgehead atoms. The van der Waals surface area contributed by atoms with Gasteiger partial charge in [0.1, 0.15) is 0 Å². The molecule has 142 valence electrons. The molecule has 2 aromatic rings. The number of amidine groups is 1. The Labute approximate surface area is 166 Å². The number of rotatable bonds is 4. The van der Waals surface area contributed by atoms with Crippen LogP contribution in [0, 0.1) is 13.8 Å². The number of aromatic nitrogens is 1. The quantitative estimate of drug-likeness (QED) is 0.684. The number of benzene rings is 1. The number of aliphatic imine (C=N–C) groups is 1. The lowest BCUT2D eigenvalue weighted by Gasteiger charge is -2.20. The van der Waals surface area contributed by atoms with Crippen LogP contribution in [0.5, 0.6) is 0 Å². The second kappa shape index (κ2) is 7.77. The summed E-state index contributed by atoms with van der Waals surface area (Å²) in [5.74, 6) is 0.0304. The van der Waals surface area contributed by atoms with Gasteiger partial charge in [-0.15, -0.1) is 0 Å². The van der Waals surface area contributed by atoms with Crippen molar-refractivity contribution in [1.29, 1.82) is 0 Å². The van der Waals surface area contributed by atoms with Gasteiger partial charge in [-0.1, -0.05) is 17.7 Å². The van der Waals surface area contributed by atoms with Crippen molar-refractivity contribution in [3.05, 3.63) is 58.3 Å². The van der Waals surface area contributed by atoms with Gasteiger partial charge in [-0.25, -0.2) is 0 Å². The predicted molar refractivity (Wildman–Crippen MR) is 115 cm³/mol. The highest BCUT2D eigenvalue weighted by atomic mass is 32.2. The lowest BCUT2D eigenvalue weighted by molar-refractivity contribution is -0.123. The lowest BCUT2D eigenvalue weighted by atomic mass is 10.1. The van der Waals surface area contributed by atoms with E-state index in [-0.39, 0.29) is 18.0 Å². The fourth-order valence-corrected chi connectivity index (χ4v) is 4.41. The SMILES string of the molecule is Cc1ccc(-n2cccc2/C=C2/SC(=NC(C)C)N(C(C)C)C2=O)c(C)c1. The zero-order chi connectivity index (χ0) is 19.7. The molecule has 0 aliphatic carbocycles. The van der Waals surface area contributed by atoms with E-state index in [2.05, 4.69) is 41.6 Å². The van der Waals surface area contributed by atoms with Gasteiger partial charge in [-0.3, -0.25) is 14.7 Å². The van der Waals surface area contributed by atoms with Gasteiger partial charge in [-0.2, -0.15) is 0 Å². The molecule has 1 saturated heterocycles. The van der Waals surface area contributed by atoms with Crippen LogP contribution >= 0.6 is 11.8 Å². The minimum Gasteiger partial charge on any atom is -0.317 e. The standard InChI is InChI=1S/C22H27N3OS/c1-14(2)23-22-25(15(3)4)21(26)20(27-22)13-18-8-7-11-24(18)19-10-9-16(5)12-17(19)6/h7-15H,1-6H3/b20-13+,23-22?. The van der Waals surface area contributed by atoms with Crippen LogP contribution in [-0.2, 0) is 4.79 Å². The van der Waals surface area contributed by atoms with Crippen molar-refractivity contribution in [1.82, 2.24) is 9.47 Å². The van der Waals surface area contributed by atoms with Crippen molar-refractivity contribution in [3.8, 4) is 5.69 Å². The lowest BCUT2D eigenvalue weighted by Crippen LogP contribution is -2.35. The van der Waals surface area contributed by atoms with Crippen molar-refractivity contribution in [3.63, 3.8) is 0 Å². The molecule has 1 aliphatic heterocycles. The van der Waals surface area contributed by atoms with Gasteiger partial charge in [0, 0.05) is 29.7 Å². The molecule has 0 radical (unpaired) electrons. The average molecular weight is 382 g/mol. The first kappa shape index (κ1) is 19.5. The van der Waals surface area contributed by atoms with E-state index in [1.165, 1.54) is 22.9 Å². The number of aryl methyl sites for hydroxylation is 2. The van der Waals surface area contributed by atoms with Crippen molar-refractivity contribution in [2.45, 2.75) is 53.6 Å². The predicted octanol–water partition coefficient (Wildman–Crippen LogP) is 5.18. The average Bonchev–Trinajstić information content (AvgIpc) is 3.12. The van der Waals surface area contributed by atoms with Crippen molar-refractivity contribution >= 4 is 28.9 Å². The van der Waals surface area contributed by atoms with Gasteiger partial charge in [0.15, 0.2) is 5.17 Å². The Morgan fingerprint density at radius 2 is 1.85 bits per heavy atom. The van der Waals surface area contributed by atoms with E-state index in [1.54, 1.807) is 4.90 Å². The summed E-state index contributed by atoms with van der Waals surface area (Å²) in [7, 11) is 0. The Hall–Kier alpha value is -2.27. The van der Waals surface area contributed by atoms with Gasteiger partial charge in [0.25, 0.3) is 5.91 Å². The normalized spacial score (nSPS) is 17.9. The minimum absolute atomic E-state index is 0.0304. The van der Waals surface area contributed by atoms with E-state index in [4.69, 9.17) is 0 Å². The van der Waals surface area contributed by atoms with E-state index in [0.29, 0.717) is 4.91 Å². The van der Waals surface area contributed by atoms with Crippen molar-refractivity contribution in [2.24, 2.45) is 4.99 Å². The minimum atomic E-state index is 0.0304. The summed E-state index contributed by atoms with van der Waals surface area (Å²) in [5.41, 5.74) is 4.58. The number of hydrogen-bond acceptors (Lipinski definition) is 3. The summed E-state index contributed by atoms with van der Waals surface area (Å²) in [5, 5.41) is 0.792. The van der Waals surface area contributed by atoms with Crippen LogP contribution in [0.2, 0.25) is 0 Å². The number of carbonyl (C=O) groups is 1. The molecule has 0 saturated carbocycles. The number of thioether (sulfide) groups is 1. The third-order valence-corrected chi connectivity index (χ3v) is 5.39. The van der Waals surface area contributed by atoms with Crippen LogP contribution in [0.25, 0.3) is 11.8 Å². The summed E-state index contributed by atoms with van der Waals surface area (Å²) >= 11 is 1.47. The molecule has 0 atom stereocenters. The molecule has 0 spiro atoms. The molecule has 1 aromatic carbocycles. The van der Waals surface area contributed by atoms with Crippen LogP contribution in [0.15, 0.2) is 46.4 Å². The van der Waals surface area contributed by atoms with Gasteiger partial charge >= 0.3 is 0 Å². The largest absolute Gasteiger partial charge is 0.317 e. The molecule has 5 heteroatoms. The fourth-order valence-electron chi connectivity index (χ4n) is 3.19. The fraction of sp³-hybridized carbons (Fsp3) is 0.364. The van der Waals surface area contributed by atoms with E-state index >= 15 is 0 Å². The van der Waals surface area contributed by atoms with Crippen molar-refractivity contribution < 1.29 is 4.79 Å². The van der Waals surface area contributed by atoms with Crippen LogP contribution in [0.3, 0.4) is 0 Å². The summed E-state index contributed by atoms with van der Waals surface area (Å²) in [6.07, 6.45) is 4.02. The highest BCUT2D eigenvalue weighted by Gasteiger charge is 2.35. The number of amides is 1. The van der Waals surface area contributed by atoms with Gasteiger partial charge in [0.05, 0.1) is 4.91 Å². The van der Waals surface area contributed by atoms with Crippen LogP contribution < -0.4 is 0 Å². The first-order valence-electron chi connectivity index (χ1n) is 9.34. The van der Waals surface area contributed by atoms with Crippen molar-refractivity contribution in [2.75, 3.05) is 0 Å². The molecular formula is C22H27N3OS. The van der Waals surface area contributed by atoms with E-state index in [0.717, 1.165) is 16.5 Å².